The van der Waals surface area contributed by atoms with E-state index in [4.69, 9.17) is 0 Å². The minimum Gasteiger partial charge on any atom is -0.0588 e. The molecule has 0 heterocycles. The maximum Gasteiger partial charge on any atom is -0.0241 e. The summed E-state index contributed by atoms with van der Waals surface area (Å²) in [5.41, 5.74) is 2.17. The van der Waals surface area contributed by atoms with Crippen LogP contribution in [0.5, 0.6) is 0 Å². The highest BCUT2D eigenvalue weighted by atomic mass is 14.7. The first-order valence-electron chi connectivity index (χ1n) is 7.12. The molecule has 2 spiro atoms. The van der Waals surface area contributed by atoms with Gasteiger partial charge in [-0.2, -0.15) is 0 Å². The van der Waals surface area contributed by atoms with Crippen LogP contribution in [0.3, 0.4) is 0 Å². The fourth-order valence-electron chi connectivity index (χ4n) is 5.52. The van der Waals surface area contributed by atoms with E-state index in [1.54, 1.807) is 38.5 Å². The zero-order chi connectivity index (χ0) is 10.6. The predicted octanol–water partition coefficient (Wildman–Crippen LogP) is 4.93. The molecule has 0 heteroatoms. The Balaban J connectivity index is 1.96. The van der Waals surface area contributed by atoms with Crippen LogP contribution in [-0.4, -0.2) is 0 Å². The molecule has 0 saturated heterocycles. The fourth-order valence-corrected chi connectivity index (χ4v) is 5.52. The van der Waals surface area contributed by atoms with Crippen LogP contribution in [0, 0.1) is 16.2 Å². The van der Waals surface area contributed by atoms with Crippen LogP contribution >= 0.6 is 0 Å². The van der Waals surface area contributed by atoms with Crippen molar-refractivity contribution >= 4 is 0 Å². The van der Waals surface area contributed by atoms with Gasteiger partial charge in [0, 0.05) is 0 Å². The van der Waals surface area contributed by atoms with Gasteiger partial charge in [0.05, 0.1) is 0 Å². The third-order valence-electron chi connectivity index (χ3n) is 6.86. The molecule has 3 rings (SSSR count). The third kappa shape index (κ3) is 1.09. The van der Waals surface area contributed by atoms with Crippen molar-refractivity contribution in [1.82, 2.24) is 0 Å². The average Bonchev–Trinajstić information content (AvgIpc) is 2.89. The molecule has 0 amide bonds. The van der Waals surface area contributed by atoms with E-state index in [-0.39, 0.29) is 0 Å². The lowest BCUT2D eigenvalue weighted by atomic mass is 9.57. The molecule has 0 atom stereocenters. The molecule has 0 aromatic rings. The van der Waals surface area contributed by atoms with Gasteiger partial charge < -0.3 is 0 Å². The summed E-state index contributed by atoms with van der Waals surface area (Å²) in [4.78, 5) is 0. The van der Waals surface area contributed by atoms with Gasteiger partial charge in [0.25, 0.3) is 0 Å². The maximum absolute atomic E-state index is 2.62. The monoisotopic (exact) mass is 206 g/mol. The van der Waals surface area contributed by atoms with Gasteiger partial charge in [0.2, 0.25) is 0 Å². The first-order valence-corrected chi connectivity index (χ1v) is 7.12. The summed E-state index contributed by atoms with van der Waals surface area (Å²) in [5.74, 6) is 0. The normalized spacial score (nSPS) is 35.6. The van der Waals surface area contributed by atoms with Crippen LogP contribution in [-0.2, 0) is 0 Å². The number of rotatable bonds is 0. The number of hydrogen-bond donors (Lipinski definition) is 0. The molecular weight excluding hydrogens is 180 g/mol. The van der Waals surface area contributed by atoms with Gasteiger partial charge in [-0.15, -0.1) is 0 Å². The fraction of sp³-hybridized carbons (Fsp3) is 1.00. The molecule has 0 aliphatic heterocycles. The zero-order valence-electron chi connectivity index (χ0n) is 10.6. The standard InChI is InChI=1S/C15H26/c1-13(2)14(7-3-4-8-14)11-12-15(13)9-5-6-10-15/h3-12H2,1-2H3. The topological polar surface area (TPSA) is 0 Å². The molecule has 0 aromatic heterocycles. The highest BCUT2D eigenvalue weighted by Gasteiger charge is 2.62. The lowest BCUT2D eigenvalue weighted by Crippen LogP contribution is -2.40. The largest absolute Gasteiger partial charge is 0.0588 e. The van der Waals surface area contributed by atoms with Crippen LogP contribution in [0.1, 0.15) is 78.1 Å². The van der Waals surface area contributed by atoms with E-state index in [9.17, 15) is 0 Å². The zero-order valence-corrected chi connectivity index (χ0v) is 10.6. The van der Waals surface area contributed by atoms with Gasteiger partial charge >= 0.3 is 0 Å². The Labute approximate surface area is 94.8 Å². The van der Waals surface area contributed by atoms with E-state index in [1.165, 1.54) is 25.7 Å². The van der Waals surface area contributed by atoms with E-state index in [1.807, 2.05) is 0 Å². The SMILES string of the molecule is CC1(C)C2(CCCC2)CCC12CCCC2. The van der Waals surface area contributed by atoms with Crippen LogP contribution in [0.2, 0.25) is 0 Å². The Hall–Kier alpha value is 0. The Morgan fingerprint density at radius 1 is 0.533 bits per heavy atom. The molecule has 0 nitrogen and oxygen atoms in total. The van der Waals surface area contributed by atoms with Crippen molar-refractivity contribution in [2.75, 3.05) is 0 Å². The first-order chi connectivity index (χ1) is 7.12. The molecule has 0 aromatic carbocycles. The van der Waals surface area contributed by atoms with Crippen LogP contribution in [0.15, 0.2) is 0 Å². The van der Waals surface area contributed by atoms with E-state index in [2.05, 4.69) is 13.8 Å². The van der Waals surface area contributed by atoms with E-state index >= 15 is 0 Å². The lowest BCUT2D eigenvalue weighted by molar-refractivity contribution is 0.0100. The van der Waals surface area contributed by atoms with Crippen molar-refractivity contribution in [2.45, 2.75) is 78.1 Å². The molecule has 0 N–H and O–H groups in total. The van der Waals surface area contributed by atoms with Crippen LogP contribution in [0.4, 0.5) is 0 Å². The Morgan fingerprint density at radius 2 is 0.867 bits per heavy atom. The molecule has 0 unspecified atom stereocenters. The molecule has 3 aliphatic rings. The summed E-state index contributed by atoms with van der Waals surface area (Å²) in [6, 6.07) is 0. The molecule has 3 fully saturated rings. The quantitative estimate of drug-likeness (QED) is 0.527. The molecule has 86 valence electrons. The molecule has 0 radical (unpaired) electrons. The van der Waals surface area contributed by atoms with Gasteiger partial charge in [-0.3, -0.25) is 0 Å². The first kappa shape index (κ1) is 10.2. The highest BCUT2D eigenvalue weighted by Crippen LogP contribution is 2.72. The van der Waals surface area contributed by atoms with Crippen molar-refractivity contribution in [3.05, 3.63) is 0 Å². The number of hydrogen-bond acceptors (Lipinski definition) is 0. The highest BCUT2D eigenvalue weighted by molar-refractivity contribution is 5.12. The second kappa shape index (κ2) is 3.02. The lowest BCUT2D eigenvalue weighted by Gasteiger charge is -2.48. The van der Waals surface area contributed by atoms with E-state index in [0.717, 1.165) is 10.8 Å². The average molecular weight is 206 g/mol. The Bertz CT molecular complexity index is 223. The third-order valence-corrected chi connectivity index (χ3v) is 6.86. The van der Waals surface area contributed by atoms with E-state index in [0.29, 0.717) is 5.41 Å². The van der Waals surface area contributed by atoms with Crippen LogP contribution in [0.25, 0.3) is 0 Å². The summed E-state index contributed by atoms with van der Waals surface area (Å²) in [5, 5.41) is 0. The van der Waals surface area contributed by atoms with Gasteiger partial charge in [0.15, 0.2) is 0 Å². The smallest absolute Gasteiger partial charge is 0.0241 e. The maximum atomic E-state index is 2.62. The Kier molecular flexibility index (Phi) is 2.05. The summed E-state index contributed by atoms with van der Waals surface area (Å²) < 4.78 is 0. The summed E-state index contributed by atoms with van der Waals surface area (Å²) in [6.07, 6.45) is 15.3. The van der Waals surface area contributed by atoms with Gasteiger partial charge in [-0.25, -0.2) is 0 Å². The predicted molar refractivity (Wildman–Crippen MR) is 64.8 cm³/mol. The summed E-state index contributed by atoms with van der Waals surface area (Å²) in [6.45, 7) is 5.24. The second-order valence-corrected chi connectivity index (χ2v) is 7.10. The minimum absolute atomic E-state index is 0.646. The molecular formula is C15H26. The van der Waals surface area contributed by atoms with Crippen molar-refractivity contribution in [3.63, 3.8) is 0 Å². The summed E-state index contributed by atoms with van der Waals surface area (Å²) >= 11 is 0. The molecule has 3 aliphatic carbocycles. The van der Waals surface area contributed by atoms with Crippen molar-refractivity contribution in [3.8, 4) is 0 Å². The molecule has 0 bridgehead atoms. The van der Waals surface area contributed by atoms with Crippen LogP contribution < -0.4 is 0 Å². The molecule has 15 heavy (non-hydrogen) atoms. The second-order valence-electron chi connectivity index (χ2n) is 7.10. The summed E-state index contributed by atoms with van der Waals surface area (Å²) in [7, 11) is 0. The van der Waals surface area contributed by atoms with Gasteiger partial charge in [-0.1, -0.05) is 39.5 Å². The minimum atomic E-state index is 0.646. The van der Waals surface area contributed by atoms with Crippen molar-refractivity contribution < 1.29 is 0 Å². The van der Waals surface area contributed by atoms with E-state index < -0.39 is 0 Å². The van der Waals surface area contributed by atoms with Gasteiger partial charge in [0.1, 0.15) is 0 Å². The Morgan fingerprint density at radius 3 is 1.20 bits per heavy atom. The molecule has 3 saturated carbocycles. The van der Waals surface area contributed by atoms with Crippen molar-refractivity contribution in [1.29, 1.82) is 0 Å². The van der Waals surface area contributed by atoms with Gasteiger partial charge in [-0.05, 0) is 54.8 Å². The van der Waals surface area contributed by atoms with Crippen molar-refractivity contribution in [2.24, 2.45) is 16.2 Å².